The molecule has 4 rings (SSSR count). The molecule has 0 amide bonds. The van der Waals surface area contributed by atoms with Crippen LogP contribution in [0.1, 0.15) is 30.6 Å². The molecule has 0 saturated carbocycles. The number of piperazine rings is 1. The maximum atomic E-state index is 11.6. The van der Waals surface area contributed by atoms with Gasteiger partial charge in [0.2, 0.25) is 0 Å². The fraction of sp³-hybridized carbons (Fsp3) is 0.440. The Labute approximate surface area is 193 Å². The number of carbonyl (C=O) groups excluding carboxylic acids is 1. The highest BCUT2D eigenvalue weighted by Gasteiger charge is 2.21. The molecule has 7 heteroatoms. The summed E-state index contributed by atoms with van der Waals surface area (Å²) in [6.07, 6.45) is 0.967. The second kappa shape index (κ2) is 10.3. The van der Waals surface area contributed by atoms with E-state index in [0.717, 1.165) is 45.0 Å². The van der Waals surface area contributed by atoms with Gasteiger partial charge in [0.05, 0.1) is 18.4 Å². The summed E-state index contributed by atoms with van der Waals surface area (Å²) in [6, 6.07) is 13.8. The summed E-state index contributed by atoms with van der Waals surface area (Å²) in [5.41, 5.74) is 0.632. The maximum absolute atomic E-state index is 11.6. The summed E-state index contributed by atoms with van der Waals surface area (Å²) in [4.78, 5) is 16.5. The first-order chi connectivity index (χ1) is 15.5. The van der Waals surface area contributed by atoms with Crippen molar-refractivity contribution in [1.29, 1.82) is 0 Å². The van der Waals surface area contributed by atoms with Gasteiger partial charge in [0.1, 0.15) is 5.82 Å². The van der Waals surface area contributed by atoms with Gasteiger partial charge in [0, 0.05) is 43.7 Å². The van der Waals surface area contributed by atoms with E-state index in [1.807, 2.05) is 6.07 Å². The van der Waals surface area contributed by atoms with Crippen LogP contribution < -0.4 is 14.4 Å². The van der Waals surface area contributed by atoms with Gasteiger partial charge in [0.15, 0.2) is 17.3 Å². The van der Waals surface area contributed by atoms with Crippen LogP contribution in [-0.4, -0.2) is 61.5 Å². The third kappa shape index (κ3) is 5.22. The summed E-state index contributed by atoms with van der Waals surface area (Å²) in [5.74, 6) is 2.98. The zero-order valence-electron chi connectivity index (χ0n) is 19.0. The molecule has 0 N–H and O–H groups in total. The van der Waals surface area contributed by atoms with E-state index in [1.54, 1.807) is 37.7 Å². The van der Waals surface area contributed by atoms with E-state index < -0.39 is 0 Å². The lowest BCUT2D eigenvalue weighted by atomic mass is 10.1. The van der Waals surface area contributed by atoms with Crippen molar-refractivity contribution in [2.45, 2.75) is 20.3 Å². The minimum atomic E-state index is 0.0199. The van der Waals surface area contributed by atoms with Crippen LogP contribution in [0.3, 0.4) is 0 Å². The molecular formula is C25H31N3O3S. The quantitative estimate of drug-likeness (QED) is 0.437. The van der Waals surface area contributed by atoms with E-state index in [0.29, 0.717) is 29.6 Å². The Bertz CT molecular complexity index is 1060. The minimum Gasteiger partial charge on any atom is -0.493 e. The van der Waals surface area contributed by atoms with E-state index in [2.05, 4.69) is 41.0 Å². The maximum Gasteiger partial charge on any atom is 0.161 e. The van der Waals surface area contributed by atoms with E-state index in [-0.39, 0.29) is 5.78 Å². The van der Waals surface area contributed by atoms with E-state index in [4.69, 9.17) is 13.8 Å². The summed E-state index contributed by atoms with van der Waals surface area (Å²) in [7, 11) is 1.60. The first kappa shape index (κ1) is 22.6. The minimum absolute atomic E-state index is 0.0199. The summed E-state index contributed by atoms with van der Waals surface area (Å²) < 4.78 is 17.3. The zero-order chi connectivity index (χ0) is 22.5. The van der Waals surface area contributed by atoms with Gasteiger partial charge in [-0.05, 0) is 61.1 Å². The second-order valence-electron chi connectivity index (χ2n) is 8.45. The van der Waals surface area contributed by atoms with E-state index in [9.17, 15) is 4.79 Å². The lowest BCUT2D eigenvalue weighted by Gasteiger charge is -2.36. The van der Waals surface area contributed by atoms with Gasteiger partial charge in [-0.3, -0.25) is 9.69 Å². The van der Waals surface area contributed by atoms with Crippen LogP contribution in [-0.2, 0) is 0 Å². The molecule has 32 heavy (non-hydrogen) atoms. The standard InChI is InChI=1S/C25H31N3O3S/c1-18(10-15-31-22-9-8-20(19(2)29)16-23(22)30-3)17-27-11-13-28(14-12-27)25-21-6-4-5-7-24(21)32-26-25/h4-9,16,18H,10-15,17H2,1-3H3. The number of ether oxygens (including phenoxy) is 2. The third-order valence-corrected chi connectivity index (χ3v) is 6.86. The Morgan fingerprint density at radius 1 is 1.12 bits per heavy atom. The summed E-state index contributed by atoms with van der Waals surface area (Å²) in [6.45, 7) is 9.65. The summed E-state index contributed by atoms with van der Waals surface area (Å²) in [5, 5.41) is 1.27. The molecule has 2 aromatic carbocycles. The SMILES string of the molecule is COc1cc(C(C)=O)ccc1OCCC(C)CN1CCN(c2nsc3ccccc23)CC1. The lowest BCUT2D eigenvalue weighted by molar-refractivity contribution is 0.101. The Morgan fingerprint density at radius 2 is 1.91 bits per heavy atom. The number of hydrogen-bond acceptors (Lipinski definition) is 7. The molecule has 1 unspecified atom stereocenters. The Kier molecular flexibility index (Phi) is 7.27. The first-order valence-corrected chi connectivity index (χ1v) is 12.0. The van der Waals surface area contributed by atoms with Crippen LogP contribution in [0.5, 0.6) is 11.5 Å². The van der Waals surface area contributed by atoms with Crippen molar-refractivity contribution in [3.05, 3.63) is 48.0 Å². The van der Waals surface area contributed by atoms with Crippen LogP contribution in [0, 0.1) is 5.92 Å². The number of Topliss-reactive ketones (excluding diaryl/α,β-unsaturated/α-hetero) is 1. The Morgan fingerprint density at radius 3 is 2.66 bits per heavy atom. The van der Waals surface area contributed by atoms with Crippen LogP contribution in [0.25, 0.3) is 10.1 Å². The fourth-order valence-corrected chi connectivity index (χ4v) is 4.95. The number of nitrogens with zero attached hydrogens (tertiary/aromatic N) is 3. The van der Waals surface area contributed by atoms with Crippen LogP contribution in [0.15, 0.2) is 42.5 Å². The molecule has 0 spiro atoms. The largest absolute Gasteiger partial charge is 0.493 e. The molecule has 1 saturated heterocycles. The van der Waals surface area contributed by atoms with Crippen LogP contribution >= 0.6 is 11.5 Å². The lowest BCUT2D eigenvalue weighted by Crippen LogP contribution is -2.47. The number of fused-ring (bicyclic) bond motifs is 1. The number of carbonyl (C=O) groups is 1. The number of aromatic nitrogens is 1. The topological polar surface area (TPSA) is 54.9 Å². The molecule has 0 aliphatic carbocycles. The molecule has 1 aliphatic rings. The first-order valence-electron chi connectivity index (χ1n) is 11.2. The van der Waals surface area contributed by atoms with Crippen LogP contribution in [0.2, 0.25) is 0 Å². The molecule has 0 bridgehead atoms. The molecule has 6 nitrogen and oxygen atoms in total. The Balaban J connectivity index is 1.23. The number of anilines is 1. The monoisotopic (exact) mass is 453 g/mol. The van der Waals surface area contributed by atoms with Crippen molar-refractivity contribution >= 4 is 33.2 Å². The smallest absolute Gasteiger partial charge is 0.161 e. The van der Waals surface area contributed by atoms with E-state index in [1.165, 1.54) is 10.1 Å². The number of ketones is 1. The molecule has 2 heterocycles. The molecule has 1 aromatic heterocycles. The molecule has 1 fully saturated rings. The van der Waals surface area contributed by atoms with E-state index >= 15 is 0 Å². The van der Waals surface area contributed by atoms with Gasteiger partial charge in [-0.1, -0.05) is 19.1 Å². The second-order valence-corrected chi connectivity index (χ2v) is 9.26. The van der Waals surface area contributed by atoms with Crippen molar-refractivity contribution in [3.8, 4) is 11.5 Å². The van der Waals surface area contributed by atoms with Gasteiger partial charge in [0.25, 0.3) is 0 Å². The molecule has 1 atom stereocenters. The number of methoxy groups -OCH3 is 1. The number of hydrogen-bond donors (Lipinski definition) is 0. The predicted octanol–water partition coefficient (Wildman–Crippen LogP) is 4.73. The molecular weight excluding hydrogens is 422 g/mol. The normalized spacial score (nSPS) is 15.7. The predicted molar refractivity (Wildman–Crippen MR) is 131 cm³/mol. The molecule has 170 valence electrons. The number of benzene rings is 2. The average molecular weight is 454 g/mol. The average Bonchev–Trinajstić information content (AvgIpc) is 3.24. The summed E-state index contributed by atoms with van der Waals surface area (Å²) >= 11 is 1.59. The van der Waals surface area contributed by atoms with Crippen molar-refractivity contribution in [2.75, 3.05) is 51.3 Å². The van der Waals surface area contributed by atoms with Gasteiger partial charge in [-0.25, -0.2) is 0 Å². The highest BCUT2D eigenvalue weighted by atomic mass is 32.1. The van der Waals surface area contributed by atoms with Gasteiger partial charge in [-0.15, -0.1) is 0 Å². The van der Waals surface area contributed by atoms with Crippen molar-refractivity contribution in [3.63, 3.8) is 0 Å². The fourth-order valence-electron chi connectivity index (χ4n) is 4.15. The van der Waals surface area contributed by atoms with Crippen LogP contribution in [0.4, 0.5) is 5.82 Å². The highest BCUT2D eigenvalue weighted by molar-refractivity contribution is 7.13. The van der Waals surface area contributed by atoms with Gasteiger partial charge < -0.3 is 14.4 Å². The highest BCUT2D eigenvalue weighted by Crippen LogP contribution is 2.30. The van der Waals surface area contributed by atoms with Crippen molar-refractivity contribution in [2.24, 2.45) is 5.92 Å². The molecule has 3 aromatic rings. The van der Waals surface area contributed by atoms with Gasteiger partial charge >= 0.3 is 0 Å². The number of rotatable bonds is 9. The zero-order valence-corrected chi connectivity index (χ0v) is 19.9. The molecule has 1 aliphatic heterocycles. The van der Waals surface area contributed by atoms with Crippen molar-refractivity contribution in [1.82, 2.24) is 9.27 Å². The van der Waals surface area contributed by atoms with Gasteiger partial charge in [-0.2, -0.15) is 4.37 Å². The molecule has 0 radical (unpaired) electrons. The van der Waals surface area contributed by atoms with Crippen molar-refractivity contribution < 1.29 is 14.3 Å². The third-order valence-electron chi connectivity index (χ3n) is 6.04. The Hall–Kier alpha value is -2.64.